The quantitative estimate of drug-likeness (QED) is 0.623. The Labute approximate surface area is 166 Å². The molecular weight excluding hydrogens is 372 g/mol. The molecular formula is C19H22N8S. The van der Waals surface area contributed by atoms with Gasteiger partial charge >= 0.3 is 0 Å². The standard InChI is InChI=1S/C19H22N8S/c1-27(14-10-22-23-11-14)13-8-16-15(21-9-13)6-7-19(20,24-16)18-26-25-17(28-18)12-4-2-3-5-12/h6-12,24H,2-5,20H2,1H3,(H,22,23). The predicted molar refractivity (Wildman–Crippen MR) is 111 cm³/mol. The van der Waals surface area contributed by atoms with Crippen molar-refractivity contribution in [1.29, 1.82) is 0 Å². The fourth-order valence-electron chi connectivity index (χ4n) is 3.80. The Balaban J connectivity index is 1.43. The van der Waals surface area contributed by atoms with Crippen LogP contribution in [0.25, 0.3) is 6.08 Å². The number of aromatic nitrogens is 5. The lowest BCUT2D eigenvalue weighted by Crippen LogP contribution is -2.44. The van der Waals surface area contributed by atoms with Gasteiger partial charge in [-0.1, -0.05) is 24.2 Å². The summed E-state index contributed by atoms with van der Waals surface area (Å²) in [4.78, 5) is 6.58. The van der Waals surface area contributed by atoms with E-state index in [1.807, 2.05) is 42.6 Å². The lowest BCUT2D eigenvalue weighted by atomic mass is 10.1. The van der Waals surface area contributed by atoms with E-state index in [0.717, 1.165) is 32.8 Å². The third-order valence-electron chi connectivity index (χ3n) is 5.51. The Bertz CT molecular complexity index is 1000. The molecule has 1 atom stereocenters. The topological polar surface area (TPSA) is 109 Å². The molecule has 5 rings (SSSR count). The third-order valence-corrected chi connectivity index (χ3v) is 6.74. The van der Waals surface area contributed by atoms with E-state index in [-0.39, 0.29) is 0 Å². The van der Waals surface area contributed by atoms with E-state index < -0.39 is 5.66 Å². The van der Waals surface area contributed by atoms with Gasteiger partial charge in [-0.2, -0.15) is 5.10 Å². The molecule has 0 amide bonds. The van der Waals surface area contributed by atoms with E-state index in [0.29, 0.717) is 5.92 Å². The van der Waals surface area contributed by atoms with Crippen LogP contribution < -0.4 is 16.0 Å². The van der Waals surface area contributed by atoms with Crippen LogP contribution in [-0.4, -0.2) is 32.4 Å². The molecule has 0 aromatic carbocycles. The molecule has 1 aliphatic heterocycles. The lowest BCUT2D eigenvalue weighted by Gasteiger charge is -2.30. The zero-order valence-corrected chi connectivity index (χ0v) is 16.4. The molecule has 9 heteroatoms. The first kappa shape index (κ1) is 17.3. The minimum Gasteiger partial charge on any atom is -0.357 e. The fourth-order valence-corrected chi connectivity index (χ4v) is 4.85. The maximum atomic E-state index is 6.68. The zero-order chi connectivity index (χ0) is 19.1. The van der Waals surface area contributed by atoms with E-state index >= 15 is 0 Å². The molecule has 3 aromatic heterocycles. The highest BCUT2D eigenvalue weighted by Crippen LogP contribution is 2.39. The first-order chi connectivity index (χ1) is 13.6. The number of fused-ring (bicyclic) bond motifs is 1. The Hall–Kier alpha value is -2.78. The monoisotopic (exact) mass is 394 g/mol. The number of anilines is 3. The summed E-state index contributed by atoms with van der Waals surface area (Å²) in [7, 11) is 1.97. The summed E-state index contributed by atoms with van der Waals surface area (Å²) in [6.07, 6.45) is 14.3. The molecule has 1 saturated carbocycles. The molecule has 2 aliphatic rings. The predicted octanol–water partition coefficient (Wildman–Crippen LogP) is 3.33. The van der Waals surface area contributed by atoms with Crippen molar-refractivity contribution in [3.8, 4) is 0 Å². The number of aromatic amines is 1. The summed E-state index contributed by atoms with van der Waals surface area (Å²) < 4.78 is 0. The van der Waals surface area contributed by atoms with Crippen LogP contribution >= 0.6 is 11.3 Å². The zero-order valence-electron chi connectivity index (χ0n) is 15.6. The number of nitrogens with zero attached hydrogens (tertiary/aromatic N) is 5. The van der Waals surface area contributed by atoms with Gasteiger partial charge in [0.25, 0.3) is 0 Å². The van der Waals surface area contributed by atoms with Crippen molar-refractivity contribution in [2.75, 3.05) is 17.3 Å². The minimum atomic E-state index is -0.879. The van der Waals surface area contributed by atoms with Gasteiger partial charge in [0.2, 0.25) is 0 Å². The van der Waals surface area contributed by atoms with Crippen LogP contribution in [0.2, 0.25) is 0 Å². The van der Waals surface area contributed by atoms with Gasteiger partial charge in [-0.25, -0.2) is 0 Å². The molecule has 3 aromatic rings. The van der Waals surface area contributed by atoms with E-state index in [2.05, 4.69) is 30.7 Å². The highest BCUT2D eigenvalue weighted by molar-refractivity contribution is 7.11. The van der Waals surface area contributed by atoms with Gasteiger partial charge in [-0.3, -0.25) is 15.8 Å². The first-order valence-corrected chi connectivity index (χ1v) is 10.3. The molecule has 1 aliphatic carbocycles. The lowest BCUT2D eigenvalue weighted by molar-refractivity contribution is 0.628. The Morgan fingerprint density at radius 2 is 2.07 bits per heavy atom. The van der Waals surface area contributed by atoms with Crippen molar-refractivity contribution in [3.63, 3.8) is 0 Å². The maximum Gasteiger partial charge on any atom is 0.161 e. The first-order valence-electron chi connectivity index (χ1n) is 9.45. The number of pyridine rings is 1. The average Bonchev–Trinajstić information content (AvgIpc) is 3.48. The molecule has 4 N–H and O–H groups in total. The molecule has 0 bridgehead atoms. The number of hydrogen-bond donors (Lipinski definition) is 3. The summed E-state index contributed by atoms with van der Waals surface area (Å²) in [5.41, 5.74) is 9.42. The highest BCUT2D eigenvalue weighted by atomic mass is 32.1. The van der Waals surface area contributed by atoms with Crippen LogP contribution in [0.5, 0.6) is 0 Å². The fraction of sp³-hybridized carbons (Fsp3) is 0.368. The van der Waals surface area contributed by atoms with Gasteiger partial charge in [0, 0.05) is 19.2 Å². The summed E-state index contributed by atoms with van der Waals surface area (Å²) in [6, 6.07) is 2.04. The van der Waals surface area contributed by atoms with Crippen LogP contribution in [0.3, 0.4) is 0 Å². The third kappa shape index (κ3) is 2.96. The Morgan fingerprint density at radius 1 is 1.21 bits per heavy atom. The van der Waals surface area contributed by atoms with E-state index in [1.165, 1.54) is 25.7 Å². The van der Waals surface area contributed by atoms with E-state index in [9.17, 15) is 0 Å². The summed E-state index contributed by atoms with van der Waals surface area (Å²) in [5.74, 6) is 0.534. The van der Waals surface area contributed by atoms with Crippen molar-refractivity contribution < 1.29 is 0 Å². The van der Waals surface area contributed by atoms with Crippen molar-refractivity contribution in [1.82, 2.24) is 25.4 Å². The summed E-state index contributed by atoms with van der Waals surface area (Å²) >= 11 is 1.61. The average molecular weight is 395 g/mol. The van der Waals surface area contributed by atoms with Crippen molar-refractivity contribution in [2.24, 2.45) is 5.73 Å². The molecule has 0 saturated heterocycles. The highest BCUT2D eigenvalue weighted by Gasteiger charge is 2.34. The minimum absolute atomic E-state index is 0.534. The number of H-pyrrole nitrogens is 1. The molecule has 1 fully saturated rings. The molecule has 8 nitrogen and oxygen atoms in total. The number of nitrogens with one attached hydrogen (secondary N) is 2. The van der Waals surface area contributed by atoms with Gasteiger partial charge in [-0.15, -0.1) is 10.2 Å². The molecule has 28 heavy (non-hydrogen) atoms. The number of rotatable bonds is 4. The van der Waals surface area contributed by atoms with Crippen molar-refractivity contribution >= 4 is 34.5 Å². The maximum absolute atomic E-state index is 6.68. The van der Waals surface area contributed by atoms with Gasteiger partial charge in [0.15, 0.2) is 10.7 Å². The SMILES string of the molecule is CN(c1cn[nH]c1)c1cnc2c(c1)NC(N)(c1nnc(C3CCCC3)s1)C=C2. The van der Waals surface area contributed by atoms with Gasteiger partial charge in [-0.05, 0) is 31.1 Å². The largest absolute Gasteiger partial charge is 0.357 e. The van der Waals surface area contributed by atoms with Crippen LogP contribution in [0.4, 0.5) is 17.1 Å². The Morgan fingerprint density at radius 3 is 2.86 bits per heavy atom. The molecule has 144 valence electrons. The van der Waals surface area contributed by atoms with Crippen LogP contribution in [0.1, 0.15) is 47.3 Å². The van der Waals surface area contributed by atoms with E-state index in [1.54, 1.807) is 17.5 Å². The normalized spacial score (nSPS) is 21.5. The van der Waals surface area contributed by atoms with Gasteiger partial charge in [0.1, 0.15) is 5.01 Å². The van der Waals surface area contributed by atoms with Crippen LogP contribution in [0.15, 0.2) is 30.7 Å². The molecule has 4 heterocycles. The molecule has 1 unspecified atom stereocenters. The molecule has 0 spiro atoms. The van der Waals surface area contributed by atoms with Crippen LogP contribution in [0, 0.1) is 0 Å². The van der Waals surface area contributed by atoms with Crippen molar-refractivity contribution in [3.05, 3.63) is 46.4 Å². The second kappa shape index (κ2) is 6.68. The molecule has 0 radical (unpaired) electrons. The van der Waals surface area contributed by atoms with Gasteiger partial charge in [0.05, 0.1) is 35.1 Å². The second-order valence-corrected chi connectivity index (χ2v) is 8.41. The van der Waals surface area contributed by atoms with Crippen LogP contribution in [-0.2, 0) is 5.66 Å². The summed E-state index contributed by atoms with van der Waals surface area (Å²) in [5, 5.41) is 21.0. The number of nitrogens with two attached hydrogens (primary N) is 1. The van der Waals surface area contributed by atoms with E-state index in [4.69, 9.17) is 5.73 Å². The Kier molecular flexibility index (Phi) is 4.13. The number of hydrogen-bond acceptors (Lipinski definition) is 8. The van der Waals surface area contributed by atoms with Crippen molar-refractivity contribution in [2.45, 2.75) is 37.3 Å². The smallest absolute Gasteiger partial charge is 0.161 e. The van der Waals surface area contributed by atoms with Gasteiger partial charge < -0.3 is 10.2 Å². The summed E-state index contributed by atoms with van der Waals surface area (Å²) in [6.45, 7) is 0. The second-order valence-electron chi connectivity index (χ2n) is 7.40.